The van der Waals surface area contributed by atoms with E-state index in [1.54, 1.807) is 27.6 Å². The molecule has 1 unspecified atom stereocenters. The Hall–Kier alpha value is -1.73. The molecule has 0 aromatic carbocycles. The first-order valence-electron chi connectivity index (χ1n) is 8.24. The molecule has 0 radical (unpaired) electrons. The molecule has 1 aliphatic carbocycles. The summed E-state index contributed by atoms with van der Waals surface area (Å²) < 4.78 is 0. The van der Waals surface area contributed by atoms with Crippen molar-refractivity contribution in [3.8, 4) is 0 Å². The fourth-order valence-electron chi connectivity index (χ4n) is 2.99. The SMILES string of the molecule is O=C(NCc1csc(C2CC2)n1)C1CCC(=O)N1Cc1cccs1. The molecule has 1 aliphatic heterocycles. The summed E-state index contributed by atoms with van der Waals surface area (Å²) in [5.41, 5.74) is 0.921. The van der Waals surface area contributed by atoms with Crippen molar-refractivity contribution in [2.24, 2.45) is 0 Å². The number of carbonyl (C=O) groups is 2. The van der Waals surface area contributed by atoms with Crippen molar-refractivity contribution in [2.75, 3.05) is 0 Å². The maximum Gasteiger partial charge on any atom is 0.243 e. The molecule has 2 aliphatic rings. The normalized spacial score (nSPS) is 20.6. The molecule has 1 atom stereocenters. The highest BCUT2D eigenvalue weighted by Crippen LogP contribution is 2.41. The number of amides is 2. The van der Waals surface area contributed by atoms with Gasteiger partial charge in [0.1, 0.15) is 6.04 Å². The second-order valence-electron chi connectivity index (χ2n) is 6.32. The largest absolute Gasteiger partial charge is 0.349 e. The Morgan fingerprint density at radius 1 is 1.33 bits per heavy atom. The third-order valence-electron chi connectivity index (χ3n) is 4.48. The zero-order valence-electron chi connectivity index (χ0n) is 13.2. The minimum absolute atomic E-state index is 0.0632. The first-order chi connectivity index (χ1) is 11.7. The van der Waals surface area contributed by atoms with Crippen molar-refractivity contribution in [1.29, 1.82) is 0 Å². The average molecular weight is 361 g/mol. The zero-order valence-corrected chi connectivity index (χ0v) is 14.9. The van der Waals surface area contributed by atoms with Gasteiger partial charge in [0.25, 0.3) is 0 Å². The van der Waals surface area contributed by atoms with E-state index in [9.17, 15) is 9.59 Å². The van der Waals surface area contributed by atoms with Crippen molar-refractivity contribution in [1.82, 2.24) is 15.2 Å². The molecule has 2 aromatic rings. The molecule has 2 fully saturated rings. The van der Waals surface area contributed by atoms with Crippen molar-refractivity contribution in [3.63, 3.8) is 0 Å². The molecule has 2 aromatic heterocycles. The van der Waals surface area contributed by atoms with Gasteiger partial charge in [-0.3, -0.25) is 9.59 Å². The van der Waals surface area contributed by atoms with Crippen LogP contribution < -0.4 is 5.32 Å². The van der Waals surface area contributed by atoms with E-state index in [-0.39, 0.29) is 17.9 Å². The summed E-state index contributed by atoms with van der Waals surface area (Å²) in [4.78, 5) is 32.0. The first-order valence-corrected chi connectivity index (χ1v) is 10.0. The van der Waals surface area contributed by atoms with Gasteiger partial charge in [-0.05, 0) is 30.7 Å². The summed E-state index contributed by atoms with van der Waals surface area (Å²) in [7, 11) is 0. The minimum atomic E-state index is -0.360. The number of hydrogen-bond donors (Lipinski definition) is 1. The average Bonchev–Trinajstić information content (AvgIpc) is 2.99. The number of thiophene rings is 1. The number of hydrogen-bond acceptors (Lipinski definition) is 5. The Bertz CT molecular complexity index is 737. The standard InChI is InChI=1S/C17H19N3O2S2/c21-15-6-5-14(20(15)9-13-2-1-7-23-13)16(22)18-8-12-10-24-17(19-12)11-3-4-11/h1-2,7,10-11,14H,3-6,8-9H2,(H,18,22). The number of aromatic nitrogens is 1. The molecule has 0 spiro atoms. The molecule has 1 saturated carbocycles. The number of nitrogens with zero attached hydrogens (tertiary/aromatic N) is 2. The predicted octanol–water partition coefficient (Wildman–Crippen LogP) is 2.89. The molecule has 0 bridgehead atoms. The smallest absolute Gasteiger partial charge is 0.243 e. The van der Waals surface area contributed by atoms with E-state index in [0.717, 1.165) is 10.6 Å². The molecule has 5 nitrogen and oxygen atoms in total. The van der Waals surface area contributed by atoms with Gasteiger partial charge in [0.05, 0.1) is 23.8 Å². The molecule has 3 heterocycles. The Morgan fingerprint density at radius 3 is 2.96 bits per heavy atom. The second-order valence-corrected chi connectivity index (χ2v) is 8.25. The lowest BCUT2D eigenvalue weighted by Gasteiger charge is -2.23. The first kappa shape index (κ1) is 15.8. The molecular weight excluding hydrogens is 342 g/mol. The minimum Gasteiger partial charge on any atom is -0.349 e. The molecule has 4 rings (SSSR count). The van der Waals surface area contributed by atoms with E-state index >= 15 is 0 Å². The monoisotopic (exact) mass is 361 g/mol. The van der Waals surface area contributed by atoms with E-state index in [4.69, 9.17) is 0 Å². The van der Waals surface area contributed by atoms with Gasteiger partial charge >= 0.3 is 0 Å². The van der Waals surface area contributed by atoms with Crippen LogP contribution in [0.25, 0.3) is 0 Å². The van der Waals surface area contributed by atoms with Crippen LogP contribution in [-0.2, 0) is 22.7 Å². The Morgan fingerprint density at radius 2 is 2.21 bits per heavy atom. The van der Waals surface area contributed by atoms with Crippen LogP contribution in [0.3, 0.4) is 0 Å². The van der Waals surface area contributed by atoms with Gasteiger partial charge in [0.2, 0.25) is 11.8 Å². The predicted molar refractivity (Wildman–Crippen MR) is 93.8 cm³/mol. The van der Waals surface area contributed by atoms with Crippen molar-refractivity contribution < 1.29 is 9.59 Å². The second kappa shape index (κ2) is 6.64. The maximum absolute atomic E-state index is 12.5. The Kier molecular flexibility index (Phi) is 4.37. The lowest BCUT2D eigenvalue weighted by molar-refractivity contribution is -0.135. The maximum atomic E-state index is 12.5. The van der Waals surface area contributed by atoms with Gasteiger partial charge in [-0.1, -0.05) is 6.07 Å². The summed E-state index contributed by atoms with van der Waals surface area (Å²) in [6.45, 7) is 0.969. The van der Waals surface area contributed by atoms with Crippen LogP contribution in [0.4, 0.5) is 0 Å². The summed E-state index contributed by atoms with van der Waals surface area (Å²) >= 11 is 3.30. The Balaban J connectivity index is 1.36. The molecule has 126 valence electrons. The summed E-state index contributed by atoms with van der Waals surface area (Å²) in [6.07, 6.45) is 3.52. The van der Waals surface area contributed by atoms with E-state index in [1.165, 1.54) is 17.8 Å². The fraction of sp³-hybridized carbons (Fsp3) is 0.471. The van der Waals surface area contributed by atoms with E-state index in [1.807, 2.05) is 22.9 Å². The van der Waals surface area contributed by atoms with Crippen LogP contribution in [0, 0.1) is 0 Å². The number of rotatable bonds is 6. The van der Waals surface area contributed by atoms with Crippen molar-refractivity contribution in [2.45, 2.75) is 50.7 Å². The highest BCUT2D eigenvalue weighted by atomic mass is 32.1. The van der Waals surface area contributed by atoms with Crippen molar-refractivity contribution in [3.05, 3.63) is 38.5 Å². The third-order valence-corrected chi connectivity index (χ3v) is 6.39. The lowest BCUT2D eigenvalue weighted by Crippen LogP contribution is -2.44. The van der Waals surface area contributed by atoms with Crippen LogP contribution in [-0.4, -0.2) is 27.7 Å². The van der Waals surface area contributed by atoms with Gasteiger partial charge in [-0.15, -0.1) is 22.7 Å². The molecule has 24 heavy (non-hydrogen) atoms. The number of carbonyl (C=O) groups excluding carboxylic acids is 2. The van der Waals surface area contributed by atoms with Crippen LogP contribution >= 0.6 is 22.7 Å². The van der Waals surface area contributed by atoms with Crippen LogP contribution in [0.5, 0.6) is 0 Å². The quantitative estimate of drug-likeness (QED) is 0.860. The molecule has 1 N–H and O–H groups in total. The topological polar surface area (TPSA) is 62.3 Å². The van der Waals surface area contributed by atoms with Crippen LogP contribution in [0.1, 0.15) is 47.2 Å². The molecule has 2 amide bonds. The van der Waals surface area contributed by atoms with Crippen LogP contribution in [0.2, 0.25) is 0 Å². The van der Waals surface area contributed by atoms with E-state index in [0.29, 0.717) is 31.8 Å². The van der Waals surface area contributed by atoms with Gasteiger partial charge in [-0.25, -0.2) is 4.98 Å². The van der Waals surface area contributed by atoms with Crippen molar-refractivity contribution >= 4 is 34.5 Å². The highest BCUT2D eigenvalue weighted by molar-refractivity contribution is 7.10. The van der Waals surface area contributed by atoms with Gasteiger partial charge < -0.3 is 10.2 Å². The van der Waals surface area contributed by atoms with Crippen LogP contribution in [0.15, 0.2) is 22.9 Å². The fourth-order valence-corrected chi connectivity index (χ4v) is 4.69. The summed E-state index contributed by atoms with van der Waals surface area (Å²) in [5, 5.41) is 8.16. The molecule has 1 saturated heterocycles. The zero-order chi connectivity index (χ0) is 16.5. The molecular formula is C17H19N3O2S2. The number of likely N-dealkylation sites (tertiary alicyclic amines) is 1. The third kappa shape index (κ3) is 3.37. The van der Waals surface area contributed by atoms with E-state index < -0.39 is 0 Å². The van der Waals surface area contributed by atoms with Gasteiger partial charge in [-0.2, -0.15) is 0 Å². The Labute approximate surface area is 148 Å². The van der Waals surface area contributed by atoms with Gasteiger partial charge in [0, 0.05) is 22.6 Å². The molecule has 7 heteroatoms. The number of thiazole rings is 1. The lowest BCUT2D eigenvalue weighted by atomic mass is 10.2. The highest BCUT2D eigenvalue weighted by Gasteiger charge is 2.36. The summed E-state index contributed by atoms with van der Waals surface area (Å²) in [5.74, 6) is 0.639. The number of nitrogens with one attached hydrogen (secondary N) is 1. The van der Waals surface area contributed by atoms with Gasteiger partial charge in [0.15, 0.2) is 0 Å². The summed E-state index contributed by atoms with van der Waals surface area (Å²) in [6, 6.07) is 3.61. The van der Waals surface area contributed by atoms with E-state index in [2.05, 4.69) is 10.3 Å².